The predicted octanol–water partition coefficient (Wildman–Crippen LogP) is 14.3. The number of esters is 8. The highest BCUT2D eigenvalue weighted by Gasteiger charge is 2.37. The molecule has 102 heavy (non-hydrogen) atoms. The molecule has 8 aromatic carbocycles. The molecule has 8 rings (SSSR count). The number of hydrogen-bond donors (Lipinski definition) is 0. The third-order valence-electron chi connectivity index (χ3n) is 16.3. The zero-order valence-corrected chi connectivity index (χ0v) is 56.8. The summed E-state index contributed by atoms with van der Waals surface area (Å²) in [5.41, 5.74) is 6.22. The summed E-state index contributed by atoms with van der Waals surface area (Å²) in [6, 6.07) is 71.3. The molecule has 0 saturated heterocycles. The Morgan fingerprint density at radius 1 is 0.265 bits per heavy atom. The first-order chi connectivity index (χ1) is 49.6. The Kier molecular flexibility index (Phi) is 34.1. The Hall–Kier alpha value is -11.4. The summed E-state index contributed by atoms with van der Waals surface area (Å²) in [6.07, 6.45) is -1.84. The van der Waals surface area contributed by atoms with E-state index in [0.717, 1.165) is 44.5 Å². The molecule has 0 spiro atoms. The van der Waals surface area contributed by atoms with Gasteiger partial charge in [0, 0.05) is 56.3 Å². The van der Waals surface area contributed by atoms with E-state index in [1.165, 1.54) is 0 Å². The summed E-state index contributed by atoms with van der Waals surface area (Å²) in [5, 5.41) is 12.5. The number of ether oxygens (including phenoxy) is 8. The molecule has 0 bridgehead atoms. The molecular formula is C82H85NO19. The highest BCUT2D eigenvalue weighted by molar-refractivity contribution is 5.88. The fourth-order valence-electron chi connectivity index (χ4n) is 10.6. The summed E-state index contributed by atoms with van der Waals surface area (Å²) in [5.74, 6) is -9.27. The van der Waals surface area contributed by atoms with E-state index < -0.39 is 88.2 Å². The molecule has 0 N–H and O–H groups in total. The molecule has 0 aromatic heterocycles. The highest BCUT2D eigenvalue weighted by atomic mass is 16.6. The lowest BCUT2D eigenvalue weighted by Crippen LogP contribution is -2.33. The molecule has 4 atom stereocenters. The van der Waals surface area contributed by atoms with Gasteiger partial charge in [-0.25, -0.2) is 0 Å². The normalized spacial score (nSPS) is 12.2. The standard InChI is InChI=1S/C41H43NO10.C41H42O9/c43-38(49-27-31-13-5-1-6-14-31)23-21-35(40(45)51-29-33-17-9-3-10-18-33)25-37(42(47)48)26-36(41(46)52-30-34-19-11-4-12-20-34)22-24-39(44)50-28-32-15-7-2-8-16-32;42-37(25-35(40(45)49-29-33-17-9-3-10-18-33)21-23-38(43)47-27-31-13-5-1-6-14-31)26-36(41(46)50-30-34-19-11-4-12-20-34)22-24-39(44)48-28-32-15-7-2-8-16-32/h1-20,35-37H,21-30H2;1-20,35-36H,21-30H2. The van der Waals surface area contributed by atoms with Crippen molar-refractivity contribution in [2.24, 2.45) is 23.7 Å². The summed E-state index contributed by atoms with van der Waals surface area (Å²) >= 11 is 0. The molecule has 0 amide bonds. The Balaban J connectivity index is 0.000000286. The minimum absolute atomic E-state index is 0.00233. The van der Waals surface area contributed by atoms with E-state index in [2.05, 4.69) is 0 Å². The van der Waals surface area contributed by atoms with E-state index in [0.29, 0.717) is 0 Å². The van der Waals surface area contributed by atoms with Crippen molar-refractivity contribution < 1.29 is 86.0 Å². The quantitative estimate of drug-likeness (QED) is 0.0149. The molecule has 0 saturated carbocycles. The van der Waals surface area contributed by atoms with E-state index in [1.54, 1.807) is 48.5 Å². The van der Waals surface area contributed by atoms with E-state index >= 15 is 0 Å². The summed E-state index contributed by atoms with van der Waals surface area (Å²) in [4.78, 5) is 129. The molecular weight excluding hydrogens is 1300 g/mol. The number of carbonyl (C=O) groups excluding carboxylic acids is 9. The van der Waals surface area contributed by atoms with E-state index in [1.807, 2.05) is 194 Å². The Morgan fingerprint density at radius 2 is 0.441 bits per heavy atom. The lowest BCUT2D eigenvalue weighted by Gasteiger charge is -2.21. The van der Waals surface area contributed by atoms with Crippen LogP contribution >= 0.6 is 0 Å². The number of ketones is 1. The summed E-state index contributed by atoms with van der Waals surface area (Å²) in [7, 11) is 0. The Labute approximate surface area is 593 Å². The molecule has 0 aliphatic carbocycles. The van der Waals surface area contributed by atoms with Crippen LogP contribution < -0.4 is 0 Å². The first-order valence-corrected chi connectivity index (χ1v) is 33.9. The number of rotatable bonds is 41. The maximum atomic E-state index is 13.5. The second-order valence-corrected chi connectivity index (χ2v) is 24.3. The van der Waals surface area contributed by atoms with Crippen molar-refractivity contribution in [1.29, 1.82) is 0 Å². The van der Waals surface area contributed by atoms with Crippen LogP contribution in [0.1, 0.15) is 122 Å². The molecule has 20 nitrogen and oxygen atoms in total. The van der Waals surface area contributed by atoms with Gasteiger partial charge in [-0.15, -0.1) is 0 Å². The van der Waals surface area contributed by atoms with Crippen LogP contribution in [-0.4, -0.2) is 64.5 Å². The van der Waals surface area contributed by atoms with Crippen LogP contribution in [0.2, 0.25) is 0 Å². The molecule has 0 aliphatic rings. The van der Waals surface area contributed by atoms with Gasteiger partial charge in [0.1, 0.15) is 58.6 Å². The van der Waals surface area contributed by atoms with Gasteiger partial charge in [0.15, 0.2) is 0 Å². The van der Waals surface area contributed by atoms with Crippen LogP contribution in [0.5, 0.6) is 0 Å². The SMILES string of the molecule is O=C(CC(CCC(=O)OCc1ccccc1)C(=O)OCc1ccccc1)CC(CCC(=O)OCc1ccccc1)C(=O)OCc1ccccc1.O=C(CCC(CC(CC(CCC(=O)OCc1ccccc1)C(=O)OCc1ccccc1)[N+](=O)[O-])C(=O)OCc1ccccc1)OCc1ccccc1. The third kappa shape index (κ3) is 30.8. The zero-order chi connectivity index (χ0) is 72.4. The molecule has 0 aliphatic heterocycles. The number of Topliss-reactive ketones (excluding diaryl/α,β-unsaturated/α-hetero) is 1. The fraction of sp³-hybridized carbons (Fsp3) is 0.305. The van der Waals surface area contributed by atoms with E-state index in [-0.39, 0.29) is 130 Å². The van der Waals surface area contributed by atoms with Crippen molar-refractivity contribution in [2.75, 3.05) is 0 Å². The van der Waals surface area contributed by atoms with Crippen LogP contribution in [0.3, 0.4) is 0 Å². The van der Waals surface area contributed by atoms with Gasteiger partial charge in [-0.3, -0.25) is 53.3 Å². The molecule has 532 valence electrons. The average Bonchev–Trinajstić information content (AvgIpc) is 0.917. The monoisotopic (exact) mass is 1390 g/mol. The maximum absolute atomic E-state index is 13.5. The Morgan fingerprint density at radius 3 is 0.637 bits per heavy atom. The topological polar surface area (TPSA) is 271 Å². The number of benzene rings is 8. The largest absolute Gasteiger partial charge is 0.461 e. The van der Waals surface area contributed by atoms with Crippen molar-refractivity contribution in [2.45, 2.75) is 136 Å². The van der Waals surface area contributed by atoms with Crippen molar-refractivity contribution in [3.05, 3.63) is 297 Å². The van der Waals surface area contributed by atoms with E-state index in [4.69, 9.17) is 37.9 Å². The lowest BCUT2D eigenvalue weighted by molar-refractivity contribution is -0.526. The number of hydrogen-bond acceptors (Lipinski definition) is 19. The smallest absolute Gasteiger partial charge is 0.309 e. The fourth-order valence-corrected chi connectivity index (χ4v) is 10.6. The van der Waals surface area contributed by atoms with Gasteiger partial charge in [0.05, 0.1) is 23.7 Å². The van der Waals surface area contributed by atoms with Crippen LogP contribution in [0.25, 0.3) is 0 Å². The van der Waals surface area contributed by atoms with E-state index in [9.17, 15) is 53.3 Å². The predicted molar refractivity (Wildman–Crippen MR) is 375 cm³/mol. The third-order valence-corrected chi connectivity index (χ3v) is 16.3. The van der Waals surface area contributed by atoms with Gasteiger partial charge in [0.25, 0.3) is 0 Å². The highest BCUT2D eigenvalue weighted by Crippen LogP contribution is 2.28. The molecule has 8 aromatic rings. The second-order valence-electron chi connectivity index (χ2n) is 24.3. The van der Waals surface area contributed by atoms with Gasteiger partial charge in [-0.2, -0.15) is 0 Å². The van der Waals surface area contributed by atoms with Crippen molar-refractivity contribution in [1.82, 2.24) is 0 Å². The molecule has 20 heteroatoms. The van der Waals surface area contributed by atoms with Crippen LogP contribution in [0, 0.1) is 33.8 Å². The molecule has 0 radical (unpaired) electrons. The van der Waals surface area contributed by atoms with Gasteiger partial charge >= 0.3 is 47.8 Å². The first-order valence-electron chi connectivity index (χ1n) is 33.9. The number of nitrogens with zero attached hydrogens (tertiary/aromatic N) is 1. The summed E-state index contributed by atoms with van der Waals surface area (Å²) in [6.45, 7) is 0.144. The van der Waals surface area contributed by atoms with Crippen molar-refractivity contribution in [3.63, 3.8) is 0 Å². The van der Waals surface area contributed by atoms with Gasteiger partial charge in [-0.05, 0) is 70.2 Å². The van der Waals surface area contributed by atoms with Crippen molar-refractivity contribution >= 4 is 53.5 Å². The second kappa shape index (κ2) is 44.6. The van der Waals surface area contributed by atoms with Crippen LogP contribution in [0.15, 0.2) is 243 Å². The minimum Gasteiger partial charge on any atom is -0.461 e. The molecule has 0 fully saturated rings. The first kappa shape index (κ1) is 77.9. The van der Waals surface area contributed by atoms with Crippen LogP contribution in [0.4, 0.5) is 0 Å². The van der Waals surface area contributed by atoms with Crippen molar-refractivity contribution in [3.8, 4) is 0 Å². The molecule has 4 unspecified atom stereocenters. The van der Waals surface area contributed by atoms with Crippen LogP contribution in [-0.2, 0) is 134 Å². The summed E-state index contributed by atoms with van der Waals surface area (Å²) < 4.78 is 43.7. The molecule has 0 heterocycles. The van der Waals surface area contributed by atoms with Gasteiger partial charge in [-0.1, -0.05) is 243 Å². The Bertz CT molecular complexity index is 3610. The van der Waals surface area contributed by atoms with Gasteiger partial charge in [0.2, 0.25) is 6.04 Å². The number of nitro groups is 1. The van der Waals surface area contributed by atoms with Gasteiger partial charge < -0.3 is 37.9 Å². The average molecular weight is 1390 g/mol. The zero-order valence-electron chi connectivity index (χ0n) is 56.8. The number of carbonyl (C=O) groups is 9. The minimum atomic E-state index is -1.40. The maximum Gasteiger partial charge on any atom is 0.309 e. The lowest BCUT2D eigenvalue weighted by atomic mass is 9.88.